The molecule has 2 aromatic rings. The summed E-state index contributed by atoms with van der Waals surface area (Å²) >= 11 is 0. The van der Waals surface area contributed by atoms with Crippen molar-refractivity contribution in [3.05, 3.63) is 41.6 Å². The summed E-state index contributed by atoms with van der Waals surface area (Å²) in [4.78, 5) is 0. The van der Waals surface area contributed by atoms with Crippen molar-refractivity contribution in [1.82, 2.24) is 9.78 Å². The Bertz CT molecular complexity index is 514. The zero-order valence-electron chi connectivity index (χ0n) is 11.3. The minimum absolute atomic E-state index is 0.189. The molecular formula is C14H19N3O. The van der Waals surface area contributed by atoms with Crippen molar-refractivity contribution in [3.63, 3.8) is 0 Å². The third-order valence-corrected chi connectivity index (χ3v) is 3.07. The molecule has 1 aromatic carbocycles. The summed E-state index contributed by atoms with van der Waals surface area (Å²) in [5, 5.41) is 7.78. The number of methoxy groups -OCH3 is 1. The molecule has 0 bridgehead atoms. The van der Waals surface area contributed by atoms with Crippen LogP contribution in [-0.4, -0.2) is 16.9 Å². The fourth-order valence-corrected chi connectivity index (χ4v) is 1.85. The van der Waals surface area contributed by atoms with E-state index >= 15 is 0 Å². The van der Waals surface area contributed by atoms with Crippen LogP contribution in [0, 0.1) is 6.92 Å². The van der Waals surface area contributed by atoms with Crippen LogP contribution >= 0.6 is 0 Å². The second kappa shape index (κ2) is 5.12. The standard InChI is InChI=1S/C14H19N3O/c1-10-8-14(16-17(10)3)15-11(2)12-6-5-7-13(9-12)18-4/h5-9,11H,1-4H3,(H,15,16). The van der Waals surface area contributed by atoms with Gasteiger partial charge in [-0.15, -0.1) is 0 Å². The maximum absolute atomic E-state index is 5.23. The molecule has 1 atom stereocenters. The topological polar surface area (TPSA) is 39.1 Å². The molecule has 0 amide bonds. The van der Waals surface area contributed by atoms with E-state index in [-0.39, 0.29) is 6.04 Å². The zero-order chi connectivity index (χ0) is 13.1. The molecule has 4 heteroatoms. The van der Waals surface area contributed by atoms with E-state index in [0.29, 0.717) is 0 Å². The van der Waals surface area contributed by atoms with Crippen LogP contribution in [0.25, 0.3) is 0 Å². The largest absolute Gasteiger partial charge is 0.497 e. The van der Waals surface area contributed by atoms with Crippen LogP contribution in [0.1, 0.15) is 24.2 Å². The predicted molar refractivity (Wildman–Crippen MR) is 73.0 cm³/mol. The van der Waals surface area contributed by atoms with Gasteiger partial charge in [-0.05, 0) is 31.5 Å². The number of nitrogens with zero attached hydrogens (tertiary/aromatic N) is 2. The summed E-state index contributed by atoms with van der Waals surface area (Å²) in [7, 11) is 3.62. The first kappa shape index (κ1) is 12.5. The van der Waals surface area contributed by atoms with Crippen LogP contribution in [-0.2, 0) is 7.05 Å². The van der Waals surface area contributed by atoms with Crippen molar-refractivity contribution >= 4 is 5.82 Å². The lowest BCUT2D eigenvalue weighted by molar-refractivity contribution is 0.414. The quantitative estimate of drug-likeness (QED) is 0.900. The van der Waals surface area contributed by atoms with Crippen LogP contribution in [0.5, 0.6) is 5.75 Å². The maximum Gasteiger partial charge on any atom is 0.148 e. The average molecular weight is 245 g/mol. The molecule has 96 valence electrons. The lowest BCUT2D eigenvalue weighted by Crippen LogP contribution is -2.07. The van der Waals surface area contributed by atoms with Crippen LogP contribution in [0.3, 0.4) is 0 Å². The highest BCUT2D eigenvalue weighted by molar-refractivity contribution is 5.40. The molecular weight excluding hydrogens is 226 g/mol. The van der Waals surface area contributed by atoms with Gasteiger partial charge in [-0.25, -0.2) is 0 Å². The molecule has 4 nitrogen and oxygen atoms in total. The number of nitrogens with one attached hydrogen (secondary N) is 1. The predicted octanol–water partition coefficient (Wildman–Crippen LogP) is 2.91. The molecule has 0 aliphatic carbocycles. The van der Waals surface area contributed by atoms with Gasteiger partial charge in [-0.2, -0.15) is 5.10 Å². The highest BCUT2D eigenvalue weighted by Gasteiger charge is 2.08. The molecule has 0 aliphatic rings. The van der Waals surface area contributed by atoms with Gasteiger partial charge in [0.1, 0.15) is 11.6 Å². The monoisotopic (exact) mass is 245 g/mol. The normalized spacial score (nSPS) is 12.2. The van der Waals surface area contributed by atoms with Gasteiger partial charge in [0.2, 0.25) is 0 Å². The van der Waals surface area contributed by atoms with Crippen LogP contribution in [0.4, 0.5) is 5.82 Å². The highest BCUT2D eigenvalue weighted by atomic mass is 16.5. The Balaban J connectivity index is 2.13. The van der Waals surface area contributed by atoms with E-state index in [0.717, 1.165) is 17.3 Å². The summed E-state index contributed by atoms with van der Waals surface area (Å²) in [5.41, 5.74) is 2.31. The molecule has 1 unspecified atom stereocenters. The van der Waals surface area contributed by atoms with E-state index in [1.54, 1.807) is 7.11 Å². The lowest BCUT2D eigenvalue weighted by atomic mass is 10.1. The van der Waals surface area contributed by atoms with Gasteiger partial charge in [0.15, 0.2) is 0 Å². The molecule has 0 fully saturated rings. The van der Waals surface area contributed by atoms with Gasteiger partial charge in [-0.1, -0.05) is 12.1 Å². The average Bonchev–Trinajstić information content (AvgIpc) is 2.68. The number of hydrogen-bond donors (Lipinski definition) is 1. The SMILES string of the molecule is COc1cccc(C(C)Nc2cc(C)n(C)n2)c1. The Morgan fingerprint density at radius 3 is 2.72 bits per heavy atom. The molecule has 1 aromatic heterocycles. The molecule has 2 rings (SSSR count). The number of benzene rings is 1. The maximum atomic E-state index is 5.23. The first-order chi connectivity index (χ1) is 8.60. The minimum atomic E-state index is 0.189. The molecule has 1 N–H and O–H groups in total. The van der Waals surface area contributed by atoms with Crippen molar-refractivity contribution < 1.29 is 4.74 Å². The van der Waals surface area contributed by atoms with Gasteiger partial charge < -0.3 is 10.1 Å². The zero-order valence-corrected chi connectivity index (χ0v) is 11.3. The summed E-state index contributed by atoms with van der Waals surface area (Å²) < 4.78 is 7.09. The minimum Gasteiger partial charge on any atom is -0.497 e. The number of aryl methyl sites for hydroxylation is 2. The van der Waals surface area contributed by atoms with Crippen LogP contribution in [0.2, 0.25) is 0 Å². The molecule has 18 heavy (non-hydrogen) atoms. The summed E-state index contributed by atoms with van der Waals surface area (Å²) in [6.07, 6.45) is 0. The van der Waals surface area contributed by atoms with Gasteiger partial charge in [0.25, 0.3) is 0 Å². The van der Waals surface area contributed by atoms with Crippen molar-refractivity contribution in [1.29, 1.82) is 0 Å². The molecule has 0 aliphatic heterocycles. The lowest BCUT2D eigenvalue weighted by Gasteiger charge is -2.14. The Morgan fingerprint density at radius 2 is 2.11 bits per heavy atom. The third-order valence-electron chi connectivity index (χ3n) is 3.07. The first-order valence-corrected chi connectivity index (χ1v) is 6.01. The number of anilines is 1. The molecule has 0 saturated heterocycles. The van der Waals surface area contributed by atoms with Gasteiger partial charge in [0.05, 0.1) is 13.2 Å². The fraction of sp³-hybridized carbons (Fsp3) is 0.357. The van der Waals surface area contributed by atoms with Crippen LogP contribution in [0.15, 0.2) is 30.3 Å². The molecule has 0 saturated carbocycles. The van der Waals surface area contributed by atoms with Crippen LogP contribution < -0.4 is 10.1 Å². The number of hydrogen-bond acceptors (Lipinski definition) is 3. The second-order valence-corrected chi connectivity index (χ2v) is 4.44. The Kier molecular flexibility index (Phi) is 3.55. The third kappa shape index (κ3) is 2.64. The Morgan fingerprint density at radius 1 is 1.33 bits per heavy atom. The molecule has 0 radical (unpaired) electrons. The summed E-state index contributed by atoms with van der Waals surface area (Å²) in [6, 6.07) is 10.3. The summed E-state index contributed by atoms with van der Waals surface area (Å²) in [6.45, 7) is 4.15. The second-order valence-electron chi connectivity index (χ2n) is 4.44. The van der Waals surface area contributed by atoms with E-state index in [2.05, 4.69) is 23.4 Å². The molecule has 0 spiro atoms. The molecule has 1 heterocycles. The van der Waals surface area contributed by atoms with E-state index in [9.17, 15) is 0 Å². The van der Waals surface area contributed by atoms with E-state index in [1.165, 1.54) is 5.56 Å². The highest BCUT2D eigenvalue weighted by Crippen LogP contribution is 2.22. The van der Waals surface area contributed by atoms with E-state index < -0.39 is 0 Å². The van der Waals surface area contributed by atoms with Gasteiger partial charge in [0, 0.05) is 18.8 Å². The Labute approximate surface area is 108 Å². The fourth-order valence-electron chi connectivity index (χ4n) is 1.85. The van der Waals surface area contributed by atoms with E-state index in [1.807, 2.05) is 42.9 Å². The first-order valence-electron chi connectivity index (χ1n) is 6.01. The van der Waals surface area contributed by atoms with Gasteiger partial charge in [-0.3, -0.25) is 4.68 Å². The van der Waals surface area contributed by atoms with Crippen molar-refractivity contribution in [2.24, 2.45) is 7.05 Å². The smallest absolute Gasteiger partial charge is 0.148 e. The number of aromatic nitrogens is 2. The van der Waals surface area contributed by atoms with Crippen molar-refractivity contribution in [2.75, 3.05) is 12.4 Å². The van der Waals surface area contributed by atoms with Crippen molar-refractivity contribution in [2.45, 2.75) is 19.9 Å². The summed E-state index contributed by atoms with van der Waals surface area (Å²) in [5.74, 6) is 1.77. The number of rotatable bonds is 4. The Hall–Kier alpha value is -1.97. The van der Waals surface area contributed by atoms with Crippen molar-refractivity contribution in [3.8, 4) is 5.75 Å². The number of ether oxygens (including phenoxy) is 1. The van der Waals surface area contributed by atoms with Gasteiger partial charge >= 0.3 is 0 Å². The van der Waals surface area contributed by atoms with E-state index in [4.69, 9.17) is 4.74 Å².